The van der Waals surface area contributed by atoms with E-state index < -0.39 is 0 Å². The number of likely N-dealkylation sites (tertiary alicyclic amines) is 1. The molecule has 1 aliphatic rings. The Bertz CT molecular complexity index is 1090. The molecule has 0 saturated carbocycles. The number of rotatable bonds is 3. The van der Waals surface area contributed by atoms with Gasteiger partial charge in [0.25, 0.3) is 5.91 Å². The first kappa shape index (κ1) is 19.2. The molecule has 1 N–H and O–H groups in total. The van der Waals surface area contributed by atoms with Crippen LogP contribution in [0.3, 0.4) is 0 Å². The molecular weight excluding hydrogens is 388 g/mol. The molecule has 6 nitrogen and oxygen atoms in total. The highest BCUT2D eigenvalue weighted by Crippen LogP contribution is 2.27. The first-order valence-electron chi connectivity index (χ1n) is 9.39. The summed E-state index contributed by atoms with van der Waals surface area (Å²) in [5.74, 6) is -0.171. The van der Waals surface area contributed by atoms with Crippen LogP contribution in [-0.2, 0) is 0 Å². The third kappa shape index (κ3) is 4.02. The number of hydrogen-bond donors (Lipinski definition) is 1. The van der Waals surface area contributed by atoms with Crippen molar-refractivity contribution in [3.8, 4) is 23.0 Å². The number of amides is 1. The minimum Gasteiger partial charge on any atom is -0.393 e. The van der Waals surface area contributed by atoms with Gasteiger partial charge in [0.05, 0.1) is 29.1 Å². The number of nitrogens with zero attached hydrogens (tertiary/aromatic N) is 4. The molecule has 0 bridgehead atoms. The van der Waals surface area contributed by atoms with E-state index >= 15 is 0 Å². The molecule has 146 valence electrons. The van der Waals surface area contributed by atoms with Crippen LogP contribution < -0.4 is 0 Å². The van der Waals surface area contributed by atoms with Gasteiger partial charge in [-0.25, -0.2) is 4.68 Å². The van der Waals surface area contributed by atoms with E-state index in [0.717, 1.165) is 11.3 Å². The summed E-state index contributed by atoms with van der Waals surface area (Å²) < 4.78 is 1.67. The van der Waals surface area contributed by atoms with Gasteiger partial charge in [0.15, 0.2) is 5.69 Å². The van der Waals surface area contributed by atoms with Crippen LogP contribution >= 0.6 is 11.6 Å². The molecular formula is C22H19ClN4O2. The number of hydrogen-bond acceptors (Lipinski definition) is 4. The Labute approximate surface area is 173 Å². The quantitative estimate of drug-likeness (QED) is 0.719. The van der Waals surface area contributed by atoms with E-state index in [-0.39, 0.29) is 12.0 Å². The number of carbonyl (C=O) groups excluding carboxylic acids is 1. The van der Waals surface area contributed by atoms with E-state index in [4.69, 9.17) is 11.6 Å². The summed E-state index contributed by atoms with van der Waals surface area (Å²) in [5, 5.41) is 24.1. The van der Waals surface area contributed by atoms with E-state index in [1.54, 1.807) is 46.0 Å². The summed E-state index contributed by atoms with van der Waals surface area (Å²) in [6.45, 7) is 1.01. The predicted molar refractivity (Wildman–Crippen MR) is 110 cm³/mol. The molecule has 29 heavy (non-hydrogen) atoms. The average molecular weight is 407 g/mol. The van der Waals surface area contributed by atoms with Gasteiger partial charge in [-0.1, -0.05) is 29.8 Å². The van der Waals surface area contributed by atoms with Crippen molar-refractivity contribution in [3.05, 3.63) is 70.9 Å². The lowest BCUT2D eigenvalue weighted by atomic mass is 10.1. The zero-order chi connectivity index (χ0) is 20.4. The van der Waals surface area contributed by atoms with Crippen LogP contribution in [0.1, 0.15) is 28.9 Å². The number of aromatic nitrogens is 2. The Morgan fingerprint density at radius 3 is 2.62 bits per heavy atom. The van der Waals surface area contributed by atoms with Crippen molar-refractivity contribution >= 4 is 17.5 Å². The molecule has 1 aliphatic heterocycles. The van der Waals surface area contributed by atoms with Gasteiger partial charge in [-0.2, -0.15) is 10.4 Å². The van der Waals surface area contributed by atoms with Gasteiger partial charge in [0.1, 0.15) is 0 Å². The second-order valence-electron chi connectivity index (χ2n) is 7.02. The molecule has 7 heteroatoms. The standard InChI is InChI=1S/C22H19ClN4O2/c23-17-5-2-6-18(12-17)27-21(16-4-1-3-15(11-16)14-24)13-20(25-27)22(29)26-9-7-19(28)8-10-26/h1-6,11-13,19,28H,7-10H2. The number of nitriles is 1. The average Bonchev–Trinajstić information content (AvgIpc) is 3.19. The van der Waals surface area contributed by atoms with Crippen LogP contribution in [0.15, 0.2) is 54.6 Å². The molecule has 1 aromatic heterocycles. The van der Waals surface area contributed by atoms with Crippen molar-refractivity contribution in [3.63, 3.8) is 0 Å². The van der Waals surface area contributed by atoms with E-state index in [9.17, 15) is 15.2 Å². The van der Waals surface area contributed by atoms with Crippen LogP contribution in [-0.4, -0.2) is 44.9 Å². The topological polar surface area (TPSA) is 82.2 Å². The number of carbonyl (C=O) groups is 1. The van der Waals surface area contributed by atoms with Crippen LogP contribution in [0.4, 0.5) is 0 Å². The maximum atomic E-state index is 13.0. The van der Waals surface area contributed by atoms with E-state index in [2.05, 4.69) is 11.2 Å². The summed E-state index contributed by atoms with van der Waals surface area (Å²) in [7, 11) is 0. The summed E-state index contributed by atoms with van der Waals surface area (Å²) in [4.78, 5) is 14.7. The minimum absolute atomic E-state index is 0.171. The van der Waals surface area contributed by atoms with Gasteiger partial charge >= 0.3 is 0 Å². The third-order valence-electron chi connectivity index (χ3n) is 5.02. The van der Waals surface area contributed by atoms with Gasteiger partial charge < -0.3 is 10.0 Å². The predicted octanol–water partition coefficient (Wildman–Crippen LogP) is 3.66. The number of halogens is 1. The zero-order valence-corrected chi connectivity index (χ0v) is 16.4. The molecule has 0 unspecified atom stereocenters. The normalized spacial score (nSPS) is 14.6. The van der Waals surface area contributed by atoms with Crippen molar-refractivity contribution in [2.45, 2.75) is 18.9 Å². The molecule has 0 atom stereocenters. The molecule has 2 aromatic carbocycles. The molecule has 4 rings (SSSR count). The van der Waals surface area contributed by atoms with Gasteiger partial charge in [-0.3, -0.25) is 4.79 Å². The lowest BCUT2D eigenvalue weighted by Gasteiger charge is -2.28. The summed E-state index contributed by atoms with van der Waals surface area (Å²) in [6.07, 6.45) is 0.780. The third-order valence-corrected chi connectivity index (χ3v) is 5.26. The van der Waals surface area contributed by atoms with E-state index in [1.807, 2.05) is 18.2 Å². The first-order chi connectivity index (χ1) is 14.0. The largest absolute Gasteiger partial charge is 0.393 e. The number of benzene rings is 2. The summed E-state index contributed by atoms with van der Waals surface area (Å²) in [5.41, 5.74) is 3.05. The Hall–Kier alpha value is -3.14. The maximum Gasteiger partial charge on any atom is 0.274 e. The number of aliphatic hydroxyl groups excluding tert-OH is 1. The summed E-state index contributed by atoms with van der Waals surface area (Å²) >= 11 is 6.16. The molecule has 3 aromatic rings. The van der Waals surface area contributed by atoms with Crippen molar-refractivity contribution in [1.29, 1.82) is 5.26 Å². The van der Waals surface area contributed by atoms with Crippen LogP contribution in [0.25, 0.3) is 16.9 Å². The molecule has 1 fully saturated rings. The molecule has 0 aliphatic carbocycles. The first-order valence-corrected chi connectivity index (χ1v) is 9.77. The molecule has 1 saturated heterocycles. The fourth-order valence-corrected chi connectivity index (χ4v) is 3.66. The lowest BCUT2D eigenvalue weighted by molar-refractivity contribution is 0.0541. The van der Waals surface area contributed by atoms with Crippen LogP contribution in [0.2, 0.25) is 5.02 Å². The second kappa shape index (κ2) is 8.08. The second-order valence-corrected chi connectivity index (χ2v) is 7.46. The highest BCUT2D eigenvalue weighted by atomic mass is 35.5. The van der Waals surface area contributed by atoms with Crippen molar-refractivity contribution < 1.29 is 9.90 Å². The van der Waals surface area contributed by atoms with Crippen molar-refractivity contribution in [2.24, 2.45) is 0 Å². The Balaban J connectivity index is 1.78. The SMILES string of the molecule is N#Cc1cccc(-c2cc(C(=O)N3CCC(O)CC3)nn2-c2cccc(Cl)c2)c1. The van der Waals surface area contributed by atoms with Gasteiger partial charge in [0.2, 0.25) is 0 Å². The highest BCUT2D eigenvalue weighted by Gasteiger charge is 2.25. The molecule has 0 spiro atoms. The smallest absolute Gasteiger partial charge is 0.274 e. The number of piperidine rings is 1. The lowest BCUT2D eigenvalue weighted by Crippen LogP contribution is -2.40. The summed E-state index contributed by atoms with van der Waals surface area (Å²) in [6, 6.07) is 18.3. The van der Waals surface area contributed by atoms with Crippen molar-refractivity contribution in [1.82, 2.24) is 14.7 Å². The molecule has 1 amide bonds. The Kier molecular flexibility index (Phi) is 5.34. The monoisotopic (exact) mass is 406 g/mol. The number of aliphatic hydroxyl groups is 1. The van der Waals surface area contributed by atoms with Crippen molar-refractivity contribution in [2.75, 3.05) is 13.1 Å². The van der Waals surface area contributed by atoms with Gasteiger partial charge in [-0.05, 0) is 49.2 Å². The Morgan fingerprint density at radius 2 is 1.90 bits per heavy atom. The molecule has 2 heterocycles. The minimum atomic E-state index is -0.354. The highest BCUT2D eigenvalue weighted by molar-refractivity contribution is 6.30. The van der Waals surface area contributed by atoms with E-state index in [1.165, 1.54) is 0 Å². The fraction of sp³-hybridized carbons (Fsp3) is 0.227. The fourth-order valence-electron chi connectivity index (χ4n) is 3.47. The Morgan fingerprint density at radius 1 is 1.14 bits per heavy atom. The van der Waals surface area contributed by atoms with Gasteiger partial charge in [0, 0.05) is 23.7 Å². The van der Waals surface area contributed by atoms with Crippen LogP contribution in [0, 0.1) is 11.3 Å². The maximum absolute atomic E-state index is 13.0. The molecule has 0 radical (unpaired) electrons. The zero-order valence-electron chi connectivity index (χ0n) is 15.6. The van der Waals surface area contributed by atoms with Gasteiger partial charge in [-0.15, -0.1) is 0 Å². The van der Waals surface area contributed by atoms with E-state index in [0.29, 0.717) is 47.9 Å². The van der Waals surface area contributed by atoms with Crippen LogP contribution in [0.5, 0.6) is 0 Å².